The number of carbonyl (C=O) groups excluding carboxylic acids is 1. The van der Waals surface area contributed by atoms with Gasteiger partial charge in [0.25, 0.3) is 5.91 Å². The van der Waals surface area contributed by atoms with Crippen molar-refractivity contribution < 1.29 is 9.53 Å². The van der Waals surface area contributed by atoms with Crippen molar-refractivity contribution in [3.63, 3.8) is 0 Å². The molecule has 1 N–H and O–H groups in total. The highest BCUT2D eigenvalue weighted by Crippen LogP contribution is 2.18. The van der Waals surface area contributed by atoms with E-state index in [0.717, 1.165) is 25.9 Å². The summed E-state index contributed by atoms with van der Waals surface area (Å²) in [6.07, 6.45) is 3.26. The lowest BCUT2D eigenvalue weighted by molar-refractivity contribution is -0.148. The molecule has 2 heterocycles. The molecule has 2 aliphatic heterocycles. The van der Waals surface area contributed by atoms with Crippen LogP contribution in [0.4, 0.5) is 0 Å². The average molecular weight is 212 g/mol. The lowest BCUT2D eigenvalue weighted by atomic mass is 10.0. The zero-order chi connectivity index (χ0) is 10.7. The van der Waals surface area contributed by atoms with Gasteiger partial charge >= 0.3 is 0 Å². The molecule has 0 saturated carbocycles. The number of morpholine rings is 1. The second-order valence-corrected chi connectivity index (χ2v) is 4.44. The first kappa shape index (κ1) is 10.9. The van der Waals surface area contributed by atoms with Crippen molar-refractivity contribution in [1.82, 2.24) is 10.2 Å². The highest BCUT2D eigenvalue weighted by molar-refractivity contribution is 5.81. The smallest absolute Gasteiger partial charge is 0.253 e. The predicted molar refractivity (Wildman–Crippen MR) is 57.6 cm³/mol. The Hall–Kier alpha value is -0.610. The van der Waals surface area contributed by atoms with Gasteiger partial charge in [-0.3, -0.25) is 4.79 Å². The molecule has 4 nitrogen and oxygen atoms in total. The minimum absolute atomic E-state index is 0.175. The predicted octanol–water partition coefficient (Wildman–Crippen LogP) is 0.376. The molecule has 0 aliphatic carbocycles. The summed E-state index contributed by atoms with van der Waals surface area (Å²) in [6.45, 7) is 5.22. The number of ether oxygens (including phenoxy) is 1. The van der Waals surface area contributed by atoms with Crippen LogP contribution in [0.15, 0.2) is 0 Å². The number of nitrogens with zero attached hydrogens (tertiary/aromatic N) is 1. The molecule has 1 unspecified atom stereocenters. The number of piperidine rings is 1. The van der Waals surface area contributed by atoms with E-state index in [4.69, 9.17) is 4.74 Å². The highest BCUT2D eigenvalue weighted by Gasteiger charge is 2.30. The SMILES string of the molecule is CC1CCCCN1C(=O)[C@H]1CNCCO1. The normalized spacial score (nSPS) is 32.7. The number of amides is 1. The number of carbonyl (C=O) groups is 1. The van der Waals surface area contributed by atoms with Gasteiger partial charge in [-0.15, -0.1) is 0 Å². The summed E-state index contributed by atoms with van der Waals surface area (Å²) in [5.74, 6) is 0.175. The molecule has 2 fully saturated rings. The quantitative estimate of drug-likeness (QED) is 0.683. The zero-order valence-corrected chi connectivity index (χ0v) is 9.37. The van der Waals surface area contributed by atoms with Crippen molar-refractivity contribution in [2.24, 2.45) is 0 Å². The Morgan fingerprint density at radius 3 is 3.00 bits per heavy atom. The van der Waals surface area contributed by atoms with Crippen molar-refractivity contribution in [2.45, 2.75) is 38.3 Å². The Labute approximate surface area is 91.0 Å². The molecule has 0 bridgehead atoms. The minimum atomic E-state index is -0.251. The Morgan fingerprint density at radius 1 is 1.47 bits per heavy atom. The molecule has 86 valence electrons. The maximum atomic E-state index is 12.1. The van der Waals surface area contributed by atoms with Crippen LogP contribution in [0.1, 0.15) is 26.2 Å². The van der Waals surface area contributed by atoms with Crippen LogP contribution in [0.25, 0.3) is 0 Å². The van der Waals surface area contributed by atoms with E-state index in [1.54, 1.807) is 0 Å². The molecule has 4 heteroatoms. The maximum absolute atomic E-state index is 12.1. The number of hydrogen-bond donors (Lipinski definition) is 1. The number of hydrogen-bond acceptors (Lipinski definition) is 3. The van der Waals surface area contributed by atoms with Gasteiger partial charge in [0.1, 0.15) is 6.10 Å². The van der Waals surface area contributed by atoms with Crippen LogP contribution in [0.3, 0.4) is 0 Å². The van der Waals surface area contributed by atoms with Gasteiger partial charge < -0.3 is 15.0 Å². The van der Waals surface area contributed by atoms with E-state index >= 15 is 0 Å². The van der Waals surface area contributed by atoms with Crippen LogP contribution < -0.4 is 5.32 Å². The number of nitrogens with one attached hydrogen (secondary N) is 1. The summed E-state index contributed by atoms with van der Waals surface area (Å²) < 4.78 is 5.49. The van der Waals surface area contributed by atoms with E-state index in [1.165, 1.54) is 6.42 Å². The van der Waals surface area contributed by atoms with Gasteiger partial charge in [0.15, 0.2) is 0 Å². The second kappa shape index (κ2) is 4.94. The molecule has 0 aromatic rings. The van der Waals surface area contributed by atoms with E-state index in [2.05, 4.69) is 12.2 Å². The second-order valence-electron chi connectivity index (χ2n) is 4.44. The van der Waals surface area contributed by atoms with Crippen molar-refractivity contribution in [2.75, 3.05) is 26.2 Å². The van der Waals surface area contributed by atoms with Crippen molar-refractivity contribution >= 4 is 5.91 Å². The van der Waals surface area contributed by atoms with Crippen LogP contribution in [0.5, 0.6) is 0 Å². The molecule has 0 spiro atoms. The zero-order valence-electron chi connectivity index (χ0n) is 9.37. The monoisotopic (exact) mass is 212 g/mol. The summed E-state index contributed by atoms with van der Waals surface area (Å²) in [5, 5.41) is 3.20. The van der Waals surface area contributed by atoms with E-state index < -0.39 is 0 Å². The van der Waals surface area contributed by atoms with Gasteiger partial charge in [0.05, 0.1) is 6.61 Å². The fourth-order valence-electron chi connectivity index (χ4n) is 2.33. The first-order valence-electron chi connectivity index (χ1n) is 5.92. The molecule has 0 radical (unpaired) electrons. The van der Waals surface area contributed by atoms with Gasteiger partial charge in [-0.1, -0.05) is 0 Å². The van der Waals surface area contributed by atoms with Crippen molar-refractivity contribution in [3.05, 3.63) is 0 Å². The molecule has 2 saturated heterocycles. The van der Waals surface area contributed by atoms with Crippen LogP contribution >= 0.6 is 0 Å². The fraction of sp³-hybridized carbons (Fsp3) is 0.909. The summed E-state index contributed by atoms with van der Waals surface area (Å²) in [6, 6.07) is 0.386. The Bertz CT molecular complexity index is 227. The minimum Gasteiger partial charge on any atom is -0.366 e. The average Bonchev–Trinajstić information content (AvgIpc) is 2.30. The molecule has 15 heavy (non-hydrogen) atoms. The molecule has 2 aliphatic rings. The van der Waals surface area contributed by atoms with Crippen LogP contribution in [0.2, 0.25) is 0 Å². The van der Waals surface area contributed by atoms with Gasteiger partial charge in [-0.05, 0) is 26.2 Å². The number of rotatable bonds is 1. The van der Waals surface area contributed by atoms with Crippen molar-refractivity contribution in [3.8, 4) is 0 Å². The Balaban J connectivity index is 1.92. The van der Waals surface area contributed by atoms with E-state index in [1.807, 2.05) is 4.90 Å². The first-order valence-corrected chi connectivity index (χ1v) is 5.92. The van der Waals surface area contributed by atoms with Crippen LogP contribution in [0, 0.1) is 0 Å². The molecule has 0 aromatic carbocycles. The third kappa shape index (κ3) is 2.49. The van der Waals surface area contributed by atoms with Crippen molar-refractivity contribution in [1.29, 1.82) is 0 Å². The molecular formula is C11H20N2O2. The van der Waals surface area contributed by atoms with E-state index in [9.17, 15) is 4.79 Å². The van der Waals surface area contributed by atoms with E-state index in [-0.39, 0.29) is 12.0 Å². The van der Waals surface area contributed by atoms with E-state index in [0.29, 0.717) is 19.2 Å². The van der Waals surface area contributed by atoms with Gasteiger partial charge in [-0.2, -0.15) is 0 Å². The lowest BCUT2D eigenvalue weighted by Gasteiger charge is -2.36. The number of likely N-dealkylation sites (tertiary alicyclic amines) is 1. The summed E-state index contributed by atoms with van der Waals surface area (Å²) in [5.41, 5.74) is 0. The standard InChI is InChI=1S/C11H20N2O2/c1-9-4-2-3-6-13(9)11(14)10-8-12-5-7-15-10/h9-10,12H,2-8H2,1H3/t9?,10-/m1/s1. The summed E-state index contributed by atoms with van der Waals surface area (Å²) in [4.78, 5) is 14.1. The Morgan fingerprint density at radius 2 is 2.33 bits per heavy atom. The van der Waals surface area contributed by atoms with Gasteiger partial charge in [0.2, 0.25) is 0 Å². The molecule has 2 rings (SSSR count). The largest absolute Gasteiger partial charge is 0.366 e. The topological polar surface area (TPSA) is 41.6 Å². The lowest BCUT2D eigenvalue weighted by Crippen LogP contribution is -2.53. The van der Waals surface area contributed by atoms with Crippen LogP contribution in [-0.4, -0.2) is 49.2 Å². The Kier molecular flexibility index (Phi) is 3.59. The van der Waals surface area contributed by atoms with Crippen LogP contribution in [-0.2, 0) is 9.53 Å². The molecule has 1 amide bonds. The molecule has 0 aromatic heterocycles. The third-order valence-corrected chi connectivity index (χ3v) is 3.29. The van der Waals surface area contributed by atoms with Gasteiger partial charge in [-0.25, -0.2) is 0 Å². The maximum Gasteiger partial charge on any atom is 0.253 e. The first-order chi connectivity index (χ1) is 7.29. The summed E-state index contributed by atoms with van der Waals surface area (Å²) >= 11 is 0. The van der Waals surface area contributed by atoms with Gasteiger partial charge in [0, 0.05) is 25.7 Å². The molecular weight excluding hydrogens is 192 g/mol. The molecule has 2 atom stereocenters. The summed E-state index contributed by atoms with van der Waals surface area (Å²) in [7, 11) is 0. The fourth-order valence-corrected chi connectivity index (χ4v) is 2.33. The third-order valence-electron chi connectivity index (χ3n) is 3.29. The highest BCUT2D eigenvalue weighted by atomic mass is 16.5.